The maximum Gasteiger partial charge on any atom is 0.143 e. The smallest absolute Gasteiger partial charge is 0.143 e. The molecule has 2 heteroatoms. The molecule has 0 aliphatic carbocycles. The zero-order chi connectivity index (χ0) is 25.1. The Morgan fingerprint density at radius 1 is 0.421 bits per heavy atom. The second-order valence-electron chi connectivity index (χ2n) is 9.78. The molecule has 0 aliphatic heterocycles. The fraction of sp³-hybridized carbons (Fsp3) is 0. The van der Waals surface area contributed by atoms with Crippen LogP contribution in [-0.4, -0.2) is 4.57 Å². The van der Waals surface area contributed by atoms with Crippen molar-refractivity contribution in [2.75, 3.05) is 0 Å². The van der Waals surface area contributed by atoms with Crippen molar-refractivity contribution in [3.8, 4) is 27.9 Å². The quantitative estimate of drug-likeness (QED) is 0.243. The number of para-hydroxylation sites is 4. The summed E-state index contributed by atoms with van der Waals surface area (Å²) >= 11 is 0. The highest BCUT2D eigenvalue weighted by atomic mass is 16.3. The molecule has 0 atom stereocenters. The largest absolute Gasteiger partial charge is 0.455 e. The lowest BCUT2D eigenvalue weighted by Crippen LogP contribution is -1.94. The van der Waals surface area contributed by atoms with Crippen LogP contribution in [0.3, 0.4) is 0 Å². The number of furan rings is 1. The van der Waals surface area contributed by atoms with Crippen LogP contribution in [0.25, 0.3) is 71.7 Å². The summed E-state index contributed by atoms with van der Waals surface area (Å²) < 4.78 is 8.70. The Labute approximate surface area is 220 Å². The molecule has 2 aromatic heterocycles. The molecule has 0 saturated heterocycles. The third-order valence-electron chi connectivity index (χ3n) is 7.60. The van der Waals surface area contributed by atoms with Crippen molar-refractivity contribution in [3.63, 3.8) is 0 Å². The van der Waals surface area contributed by atoms with E-state index in [4.69, 9.17) is 4.42 Å². The Kier molecular flexibility index (Phi) is 4.55. The fourth-order valence-electron chi connectivity index (χ4n) is 5.87. The van der Waals surface area contributed by atoms with Crippen molar-refractivity contribution in [3.05, 3.63) is 140 Å². The molecule has 2 heterocycles. The first kappa shape index (κ1) is 21.0. The van der Waals surface area contributed by atoms with Gasteiger partial charge in [0.05, 0.1) is 11.0 Å². The Morgan fingerprint density at radius 2 is 1.00 bits per heavy atom. The molecule has 38 heavy (non-hydrogen) atoms. The van der Waals surface area contributed by atoms with Gasteiger partial charge in [0.15, 0.2) is 0 Å². The third-order valence-corrected chi connectivity index (χ3v) is 7.60. The van der Waals surface area contributed by atoms with Gasteiger partial charge in [-0.15, -0.1) is 0 Å². The predicted octanol–water partition coefficient (Wildman–Crippen LogP) is 10.0. The minimum Gasteiger partial charge on any atom is -0.455 e. The lowest BCUT2D eigenvalue weighted by atomic mass is 9.97. The van der Waals surface area contributed by atoms with E-state index < -0.39 is 0 Å². The monoisotopic (exact) mass is 485 g/mol. The summed E-state index contributed by atoms with van der Waals surface area (Å²) in [5, 5.41) is 4.85. The molecule has 178 valence electrons. The summed E-state index contributed by atoms with van der Waals surface area (Å²) in [6.45, 7) is 0. The summed E-state index contributed by atoms with van der Waals surface area (Å²) in [4.78, 5) is 0. The van der Waals surface area contributed by atoms with Crippen LogP contribution in [0.1, 0.15) is 0 Å². The zero-order valence-corrected chi connectivity index (χ0v) is 20.6. The summed E-state index contributed by atoms with van der Waals surface area (Å²) in [6, 6.07) is 49.6. The number of hydrogen-bond donors (Lipinski definition) is 0. The predicted molar refractivity (Wildman–Crippen MR) is 159 cm³/mol. The molecular weight excluding hydrogens is 462 g/mol. The van der Waals surface area contributed by atoms with Crippen LogP contribution in [0.4, 0.5) is 0 Å². The van der Waals surface area contributed by atoms with E-state index in [0.29, 0.717) is 0 Å². The van der Waals surface area contributed by atoms with Crippen LogP contribution >= 0.6 is 0 Å². The van der Waals surface area contributed by atoms with E-state index in [2.05, 4.69) is 132 Å². The number of aromatic nitrogens is 1. The Balaban J connectivity index is 1.28. The van der Waals surface area contributed by atoms with Gasteiger partial charge in [-0.2, -0.15) is 0 Å². The van der Waals surface area contributed by atoms with Crippen LogP contribution in [-0.2, 0) is 0 Å². The van der Waals surface area contributed by atoms with Gasteiger partial charge in [0, 0.05) is 32.8 Å². The molecular formula is C36H23NO. The van der Waals surface area contributed by atoms with E-state index in [1.54, 1.807) is 0 Å². The second kappa shape index (κ2) is 8.22. The van der Waals surface area contributed by atoms with Crippen LogP contribution in [0.15, 0.2) is 144 Å². The van der Waals surface area contributed by atoms with Gasteiger partial charge in [0.25, 0.3) is 0 Å². The maximum absolute atomic E-state index is 6.33. The second-order valence-corrected chi connectivity index (χ2v) is 9.78. The van der Waals surface area contributed by atoms with Crippen molar-refractivity contribution in [2.45, 2.75) is 0 Å². The Morgan fingerprint density at radius 3 is 1.79 bits per heavy atom. The Bertz CT molecular complexity index is 2090. The average Bonchev–Trinajstić information content (AvgIpc) is 3.53. The minimum absolute atomic E-state index is 0.921. The molecule has 0 saturated carbocycles. The van der Waals surface area contributed by atoms with Crippen LogP contribution in [0, 0.1) is 0 Å². The topological polar surface area (TPSA) is 18.1 Å². The highest BCUT2D eigenvalue weighted by molar-refractivity contribution is 6.10. The molecule has 0 N–H and O–H groups in total. The van der Waals surface area contributed by atoms with Gasteiger partial charge in [-0.05, 0) is 53.1 Å². The number of benzene rings is 6. The summed E-state index contributed by atoms with van der Waals surface area (Å²) in [5.74, 6) is 0. The van der Waals surface area contributed by atoms with Crippen LogP contribution in [0.5, 0.6) is 0 Å². The standard InChI is InChI=1S/C36H23NO/c1-4-19-33-29(14-1)30-15-2-5-20-34(30)37(33)27-13-8-11-25(23-27)24-10-7-12-26(22-24)28-17-9-18-32-31-16-3-6-21-35(31)38-36(28)32/h1-23H. The molecule has 0 bridgehead atoms. The van der Waals surface area contributed by atoms with E-state index in [0.717, 1.165) is 38.8 Å². The zero-order valence-electron chi connectivity index (χ0n) is 20.6. The van der Waals surface area contributed by atoms with Crippen molar-refractivity contribution in [2.24, 2.45) is 0 Å². The number of hydrogen-bond acceptors (Lipinski definition) is 1. The van der Waals surface area contributed by atoms with Gasteiger partial charge in [-0.1, -0.05) is 103 Å². The third kappa shape index (κ3) is 3.14. The Hall–Kier alpha value is -5.08. The molecule has 6 aromatic carbocycles. The molecule has 8 rings (SSSR count). The van der Waals surface area contributed by atoms with Gasteiger partial charge in [0.1, 0.15) is 11.2 Å². The molecule has 2 nitrogen and oxygen atoms in total. The molecule has 0 radical (unpaired) electrons. The fourth-order valence-corrected chi connectivity index (χ4v) is 5.87. The van der Waals surface area contributed by atoms with E-state index >= 15 is 0 Å². The van der Waals surface area contributed by atoms with Crippen LogP contribution in [0.2, 0.25) is 0 Å². The summed E-state index contributed by atoms with van der Waals surface area (Å²) in [5.41, 5.74) is 10.1. The summed E-state index contributed by atoms with van der Waals surface area (Å²) in [7, 11) is 0. The van der Waals surface area contributed by atoms with Crippen LogP contribution < -0.4 is 0 Å². The molecule has 0 unspecified atom stereocenters. The molecule has 8 aromatic rings. The molecule has 0 amide bonds. The van der Waals surface area contributed by atoms with Gasteiger partial charge in [0.2, 0.25) is 0 Å². The van der Waals surface area contributed by atoms with E-state index in [-0.39, 0.29) is 0 Å². The van der Waals surface area contributed by atoms with E-state index in [1.165, 1.54) is 32.9 Å². The first-order valence-electron chi connectivity index (χ1n) is 12.9. The first-order chi connectivity index (χ1) is 18.8. The van der Waals surface area contributed by atoms with Crippen molar-refractivity contribution in [1.29, 1.82) is 0 Å². The summed E-state index contributed by atoms with van der Waals surface area (Å²) in [6.07, 6.45) is 0. The average molecular weight is 486 g/mol. The van der Waals surface area contributed by atoms with E-state index in [1.807, 2.05) is 12.1 Å². The highest BCUT2D eigenvalue weighted by Crippen LogP contribution is 2.37. The molecule has 0 aliphatic rings. The minimum atomic E-state index is 0.921. The lowest BCUT2D eigenvalue weighted by molar-refractivity contribution is 0.670. The van der Waals surface area contributed by atoms with Crippen molar-refractivity contribution in [1.82, 2.24) is 4.57 Å². The SMILES string of the molecule is c1cc(-c2cccc(-n3c4ccccc4c4ccccc43)c2)cc(-c2cccc3c2oc2ccccc23)c1. The van der Waals surface area contributed by atoms with Gasteiger partial charge < -0.3 is 8.98 Å². The van der Waals surface area contributed by atoms with Gasteiger partial charge in [-0.25, -0.2) is 0 Å². The number of rotatable bonds is 3. The number of nitrogens with zero attached hydrogens (tertiary/aromatic N) is 1. The number of fused-ring (bicyclic) bond motifs is 6. The van der Waals surface area contributed by atoms with Gasteiger partial charge in [-0.3, -0.25) is 0 Å². The normalized spacial score (nSPS) is 11.7. The van der Waals surface area contributed by atoms with E-state index in [9.17, 15) is 0 Å². The van der Waals surface area contributed by atoms with Crippen molar-refractivity contribution >= 4 is 43.7 Å². The maximum atomic E-state index is 6.33. The molecule has 0 fully saturated rings. The highest BCUT2D eigenvalue weighted by Gasteiger charge is 2.14. The molecule has 0 spiro atoms. The lowest BCUT2D eigenvalue weighted by Gasteiger charge is -2.11. The van der Waals surface area contributed by atoms with Gasteiger partial charge >= 0.3 is 0 Å². The first-order valence-corrected chi connectivity index (χ1v) is 12.9. The van der Waals surface area contributed by atoms with Crippen molar-refractivity contribution < 1.29 is 4.42 Å².